The van der Waals surface area contributed by atoms with Crippen molar-refractivity contribution in [3.63, 3.8) is 0 Å². The van der Waals surface area contributed by atoms with E-state index in [-0.39, 0.29) is 37.0 Å². The first kappa shape index (κ1) is 21.4. The maximum absolute atomic E-state index is 13.3. The Morgan fingerprint density at radius 2 is 1.69 bits per heavy atom. The summed E-state index contributed by atoms with van der Waals surface area (Å²) >= 11 is 0. The molecule has 0 radical (unpaired) electrons. The number of carbonyl (C=O) groups excluding carboxylic acids is 1. The second kappa shape index (κ2) is 9.14. The average Bonchev–Trinajstić information content (AvgIpc) is 2.83. The third kappa shape index (κ3) is 4.30. The van der Waals surface area contributed by atoms with Crippen molar-refractivity contribution in [3.05, 3.63) is 95.1 Å². The predicted octanol–water partition coefficient (Wildman–Crippen LogP) is 4.11. The molecule has 6 nitrogen and oxygen atoms in total. The molecule has 0 spiro atoms. The van der Waals surface area contributed by atoms with Crippen LogP contribution < -0.4 is 4.74 Å². The van der Waals surface area contributed by atoms with Crippen LogP contribution in [0.2, 0.25) is 0 Å². The Bertz CT molecular complexity index is 1110. The number of fused-ring (bicyclic) bond motifs is 1. The van der Waals surface area contributed by atoms with Gasteiger partial charge < -0.3 is 19.8 Å². The van der Waals surface area contributed by atoms with E-state index < -0.39 is 17.9 Å². The topological polar surface area (TPSA) is 87.1 Å². The van der Waals surface area contributed by atoms with Crippen molar-refractivity contribution in [2.24, 2.45) is 0 Å². The molecule has 0 aliphatic carbocycles. The first-order chi connectivity index (χ1) is 15.5. The van der Waals surface area contributed by atoms with Gasteiger partial charge in [-0.2, -0.15) is 0 Å². The van der Waals surface area contributed by atoms with Crippen LogP contribution in [0.15, 0.2) is 72.8 Å². The Balaban J connectivity index is 1.63. The van der Waals surface area contributed by atoms with Crippen LogP contribution in [-0.4, -0.2) is 33.0 Å². The van der Waals surface area contributed by atoms with E-state index in [1.807, 2.05) is 60.7 Å². The number of aliphatic carboxylic acids is 1. The van der Waals surface area contributed by atoms with E-state index in [0.29, 0.717) is 5.56 Å². The van der Waals surface area contributed by atoms with Crippen LogP contribution in [-0.2, 0) is 29.2 Å². The van der Waals surface area contributed by atoms with Crippen molar-refractivity contribution >= 4 is 11.9 Å². The SMILES string of the molecule is CC(C(=O)N1Cc2ccc(O)c(OCc3ccccc3)c2CC1C(=O)O)c1ccccc1. The van der Waals surface area contributed by atoms with Crippen LogP contribution in [0.1, 0.15) is 35.1 Å². The maximum Gasteiger partial charge on any atom is 0.326 e. The summed E-state index contributed by atoms with van der Waals surface area (Å²) in [5.41, 5.74) is 3.18. The Hall–Kier alpha value is -3.80. The molecule has 1 amide bonds. The molecule has 1 aliphatic heterocycles. The van der Waals surface area contributed by atoms with Crippen molar-refractivity contribution in [1.29, 1.82) is 0 Å². The third-order valence-corrected chi connectivity index (χ3v) is 5.92. The van der Waals surface area contributed by atoms with Gasteiger partial charge in [-0.25, -0.2) is 4.79 Å². The van der Waals surface area contributed by atoms with Crippen LogP contribution in [0.5, 0.6) is 11.5 Å². The summed E-state index contributed by atoms with van der Waals surface area (Å²) < 4.78 is 5.92. The normalized spacial score (nSPS) is 16.2. The third-order valence-electron chi connectivity index (χ3n) is 5.92. The quantitative estimate of drug-likeness (QED) is 0.613. The molecule has 4 rings (SSSR count). The number of carboxylic acids is 1. The van der Waals surface area contributed by atoms with Crippen LogP contribution in [0.3, 0.4) is 0 Å². The van der Waals surface area contributed by atoms with E-state index >= 15 is 0 Å². The molecule has 3 aromatic carbocycles. The zero-order valence-corrected chi connectivity index (χ0v) is 17.8. The number of rotatable bonds is 6. The lowest BCUT2D eigenvalue weighted by Gasteiger charge is -2.36. The molecule has 3 aromatic rings. The summed E-state index contributed by atoms with van der Waals surface area (Å²) in [4.78, 5) is 26.8. The fourth-order valence-electron chi connectivity index (χ4n) is 4.10. The summed E-state index contributed by atoms with van der Waals surface area (Å²) in [5, 5.41) is 20.3. The number of hydrogen-bond donors (Lipinski definition) is 2. The highest BCUT2D eigenvalue weighted by atomic mass is 16.5. The lowest BCUT2D eigenvalue weighted by Crippen LogP contribution is -2.50. The Morgan fingerprint density at radius 1 is 1.03 bits per heavy atom. The number of phenolic OH excluding ortho intramolecular Hbond substituents is 1. The van der Waals surface area contributed by atoms with Gasteiger partial charge in [0.1, 0.15) is 12.6 Å². The van der Waals surface area contributed by atoms with Crippen molar-refractivity contribution in [2.75, 3.05) is 0 Å². The zero-order chi connectivity index (χ0) is 22.7. The highest BCUT2D eigenvalue weighted by Crippen LogP contribution is 2.39. The number of hydrogen-bond acceptors (Lipinski definition) is 4. The fourth-order valence-corrected chi connectivity index (χ4v) is 4.10. The maximum atomic E-state index is 13.3. The van der Waals surface area contributed by atoms with Gasteiger partial charge in [-0.05, 0) is 29.7 Å². The molecule has 0 saturated carbocycles. The van der Waals surface area contributed by atoms with Crippen molar-refractivity contribution in [1.82, 2.24) is 4.90 Å². The Kier molecular flexibility index (Phi) is 6.12. The van der Waals surface area contributed by atoms with Crippen LogP contribution in [0.25, 0.3) is 0 Å². The Labute approximate surface area is 186 Å². The number of ether oxygens (including phenoxy) is 1. The summed E-state index contributed by atoms with van der Waals surface area (Å²) in [6.07, 6.45) is 0.0659. The van der Waals surface area contributed by atoms with E-state index in [1.165, 1.54) is 11.0 Å². The van der Waals surface area contributed by atoms with E-state index in [1.54, 1.807) is 13.0 Å². The van der Waals surface area contributed by atoms with E-state index in [9.17, 15) is 19.8 Å². The standard InChI is InChI=1S/C26H25NO5/c1-17(19-10-6-3-7-11-19)25(29)27-15-20-12-13-23(28)24(21(20)14-22(27)26(30)31)32-16-18-8-4-2-5-9-18/h2-13,17,22,28H,14-16H2,1H3,(H,30,31). The lowest BCUT2D eigenvalue weighted by atomic mass is 9.90. The number of nitrogens with zero attached hydrogens (tertiary/aromatic N) is 1. The monoisotopic (exact) mass is 431 g/mol. The van der Waals surface area contributed by atoms with Crippen LogP contribution in [0, 0.1) is 0 Å². The van der Waals surface area contributed by atoms with E-state index in [2.05, 4.69) is 0 Å². The molecule has 2 atom stereocenters. The van der Waals surface area contributed by atoms with E-state index in [4.69, 9.17) is 4.74 Å². The van der Waals surface area contributed by atoms with Crippen LogP contribution in [0.4, 0.5) is 0 Å². The first-order valence-electron chi connectivity index (χ1n) is 10.5. The number of benzene rings is 3. The summed E-state index contributed by atoms with van der Waals surface area (Å²) in [5.74, 6) is -1.55. The van der Waals surface area contributed by atoms with Gasteiger partial charge in [-0.15, -0.1) is 0 Å². The molecule has 0 aromatic heterocycles. The highest BCUT2D eigenvalue weighted by molar-refractivity contribution is 5.88. The summed E-state index contributed by atoms with van der Waals surface area (Å²) in [6, 6.07) is 21.1. The van der Waals surface area contributed by atoms with Gasteiger partial charge in [-0.3, -0.25) is 4.79 Å². The van der Waals surface area contributed by atoms with Gasteiger partial charge in [0.2, 0.25) is 5.91 Å². The predicted molar refractivity (Wildman–Crippen MR) is 119 cm³/mol. The molecule has 1 aliphatic rings. The first-order valence-corrected chi connectivity index (χ1v) is 10.5. The van der Waals surface area contributed by atoms with Crippen molar-refractivity contribution in [3.8, 4) is 11.5 Å². The number of aromatic hydroxyl groups is 1. The van der Waals surface area contributed by atoms with Gasteiger partial charge in [0.05, 0.1) is 5.92 Å². The molecule has 6 heteroatoms. The van der Waals surface area contributed by atoms with Gasteiger partial charge >= 0.3 is 5.97 Å². The van der Waals surface area contributed by atoms with Crippen molar-refractivity contribution < 1.29 is 24.5 Å². The molecule has 0 fully saturated rings. The molecule has 164 valence electrons. The van der Waals surface area contributed by atoms with Gasteiger partial charge in [0.25, 0.3) is 0 Å². The Morgan fingerprint density at radius 3 is 2.34 bits per heavy atom. The molecule has 0 bridgehead atoms. The zero-order valence-electron chi connectivity index (χ0n) is 17.8. The average molecular weight is 431 g/mol. The van der Waals surface area contributed by atoms with Gasteiger partial charge in [0.15, 0.2) is 11.5 Å². The molecule has 32 heavy (non-hydrogen) atoms. The molecular weight excluding hydrogens is 406 g/mol. The second-order valence-electron chi connectivity index (χ2n) is 7.98. The largest absolute Gasteiger partial charge is 0.504 e. The molecule has 2 unspecified atom stereocenters. The van der Waals surface area contributed by atoms with Gasteiger partial charge in [-0.1, -0.05) is 66.7 Å². The molecule has 2 N–H and O–H groups in total. The van der Waals surface area contributed by atoms with E-state index in [0.717, 1.165) is 16.7 Å². The summed E-state index contributed by atoms with van der Waals surface area (Å²) in [7, 11) is 0. The van der Waals surface area contributed by atoms with Gasteiger partial charge in [0, 0.05) is 18.5 Å². The molecule has 1 heterocycles. The highest BCUT2D eigenvalue weighted by Gasteiger charge is 2.38. The minimum absolute atomic E-state index is 0.0405. The number of carboxylic acid groups (broad SMARTS) is 1. The minimum atomic E-state index is -1.08. The molecule has 0 saturated heterocycles. The smallest absolute Gasteiger partial charge is 0.326 e. The van der Waals surface area contributed by atoms with Crippen molar-refractivity contribution in [2.45, 2.75) is 38.5 Å². The number of phenols is 1. The second-order valence-corrected chi connectivity index (χ2v) is 7.98. The number of amides is 1. The molecular formula is C26H25NO5. The minimum Gasteiger partial charge on any atom is -0.504 e. The van der Waals surface area contributed by atoms with Crippen LogP contribution >= 0.6 is 0 Å². The summed E-state index contributed by atoms with van der Waals surface area (Å²) in [6.45, 7) is 2.18. The number of carbonyl (C=O) groups is 2. The fraction of sp³-hybridized carbons (Fsp3) is 0.231. The lowest BCUT2D eigenvalue weighted by molar-refractivity contribution is -0.152.